The number of imidazole rings is 1. The van der Waals surface area contributed by atoms with Gasteiger partial charge >= 0.3 is 0 Å². The van der Waals surface area contributed by atoms with Crippen LogP contribution in [0.2, 0.25) is 0 Å². The number of ether oxygens (including phenoxy) is 1. The largest absolute Gasteiger partial charge is 0.494 e. The molecular weight excluding hydrogens is 294 g/mol. The normalized spacial score (nSPS) is 15.2. The Morgan fingerprint density at radius 3 is 2.22 bits per heavy atom. The minimum atomic E-state index is 0.669. The summed E-state index contributed by atoms with van der Waals surface area (Å²) in [6, 6.07) is 0. The molecule has 1 fully saturated rings. The zero-order chi connectivity index (χ0) is 15.6. The number of hydrogen-bond acceptors (Lipinski definition) is 7. The summed E-state index contributed by atoms with van der Waals surface area (Å²) in [5.74, 6) is 2.33. The molecule has 118 valence electrons. The van der Waals surface area contributed by atoms with E-state index in [0.717, 1.165) is 43.6 Å². The highest BCUT2D eigenvalue weighted by Crippen LogP contribution is 2.20. The monoisotopic (exact) mass is 311 g/mol. The summed E-state index contributed by atoms with van der Waals surface area (Å²) in [5, 5.41) is 0. The van der Waals surface area contributed by atoms with Crippen molar-refractivity contribution < 1.29 is 4.74 Å². The lowest BCUT2D eigenvalue weighted by Crippen LogP contribution is -2.47. The summed E-state index contributed by atoms with van der Waals surface area (Å²) < 4.78 is 7.08. The quantitative estimate of drug-likeness (QED) is 0.710. The molecule has 0 bridgehead atoms. The zero-order valence-corrected chi connectivity index (χ0v) is 12.8. The smallest absolute Gasteiger partial charge is 0.225 e. The van der Waals surface area contributed by atoms with Gasteiger partial charge in [-0.2, -0.15) is 0 Å². The van der Waals surface area contributed by atoms with Gasteiger partial charge in [-0.3, -0.25) is 0 Å². The van der Waals surface area contributed by atoms with Gasteiger partial charge in [0.2, 0.25) is 5.95 Å². The van der Waals surface area contributed by atoms with E-state index >= 15 is 0 Å². The molecular formula is C15H17N7O. The van der Waals surface area contributed by atoms with Crippen molar-refractivity contribution in [1.29, 1.82) is 0 Å². The van der Waals surface area contributed by atoms with E-state index in [1.165, 1.54) is 0 Å². The second-order valence-electron chi connectivity index (χ2n) is 5.31. The standard InChI is InChI=1S/C15H17N7O/c1-23-12-10-18-15(19-11-12)22-8-6-21(7-9-22)14-13-16-2-4-20(13)5-3-17-14/h2-5,10-11H,6-9H2,1H3. The average Bonchev–Trinajstić information content (AvgIpc) is 3.11. The molecule has 4 heterocycles. The first-order valence-corrected chi connectivity index (χ1v) is 7.49. The first kappa shape index (κ1) is 13.7. The lowest BCUT2D eigenvalue weighted by Gasteiger charge is -2.35. The van der Waals surface area contributed by atoms with Gasteiger partial charge in [-0.05, 0) is 0 Å². The molecule has 1 aliphatic rings. The van der Waals surface area contributed by atoms with Gasteiger partial charge in [0.05, 0.1) is 19.5 Å². The molecule has 0 spiro atoms. The van der Waals surface area contributed by atoms with Crippen LogP contribution >= 0.6 is 0 Å². The van der Waals surface area contributed by atoms with Crippen molar-refractivity contribution in [2.24, 2.45) is 0 Å². The lowest BCUT2D eigenvalue weighted by molar-refractivity contribution is 0.410. The molecule has 4 rings (SSSR count). The second kappa shape index (κ2) is 5.71. The maximum Gasteiger partial charge on any atom is 0.225 e. The summed E-state index contributed by atoms with van der Waals surface area (Å²) in [6.07, 6.45) is 10.8. The highest BCUT2D eigenvalue weighted by molar-refractivity contribution is 5.64. The van der Waals surface area contributed by atoms with Gasteiger partial charge in [0.25, 0.3) is 0 Å². The number of hydrogen-bond donors (Lipinski definition) is 0. The fraction of sp³-hybridized carbons (Fsp3) is 0.333. The van der Waals surface area contributed by atoms with E-state index in [0.29, 0.717) is 5.75 Å². The fourth-order valence-corrected chi connectivity index (χ4v) is 2.76. The Labute approximate surface area is 133 Å². The summed E-state index contributed by atoms with van der Waals surface area (Å²) in [5.41, 5.74) is 0.890. The van der Waals surface area contributed by atoms with Crippen LogP contribution in [0, 0.1) is 0 Å². The molecule has 0 aliphatic carbocycles. The molecule has 3 aromatic heterocycles. The SMILES string of the molecule is COc1cnc(N2CCN(c3nccn4ccnc34)CC2)nc1. The Morgan fingerprint density at radius 2 is 1.52 bits per heavy atom. The van der Waals surface area contributed by atoms with E-state index in [4.69, 9.17) is 4.74 Å². The Bertz CT molecular complexity index is 793. The predicted molar refractivity (Wildman–Crippen MR) is 86.0 cm³/mol. The van der Waals surface area contributed by atoms with E-state index < -0.39 is 0 Å². The molecule has 0 unspecified atom stereocenters. The van der Waals surface area contributed by atoms with Crippen LogP contribution in [0.3, 0.4) is 0 Å². The number of aromatic nitrogens is 5. The maximum absolute atomic E-state index is 5.10. The Hall–Kier alpha value is -2.90. The Balaban J connectivity index is 1.49. The van der Waals surface area contributed by atoms with Crippen LogP contribution in [-0.4, -0.2) is 57.6 Å². The van der Waals surface area contributed by atoms with Crippen LogP contribution in [-0.2, 0) is 0 Å². The van der Waals surface area contributed by atoms with Gasteiger partial charge in [-0.1, -0.05) is 0 Å². The number of fused-ring (bicyclic) bond motifs is 1. The molecule has 1 saturated heterocycles. The number of nitrogens with zero attached hydrogens (tertiary/aromatic N) is 7. The fourth-order valence-electron chi connectivity index (χ4n) is 2.76. The summed E-state index contributed by atoms with van der Waals surface area (Å²) in [4.78, 5) is 22.0. The first-order chi connectivity index (χ1) is 11.3. The van der Waals surface area contributed by atoms with Crippen LogP contribution in [0.25, 0.3) is 5.65 Å². The summed E-state index contributed by atoms with van der Waals surface area (Å²) in [7, 11) is 1.61. The van der Waals surface area contributed by atoms with Crippen LogP contribution in [0.5, 0.6) is 5.75 Å². The van der Waals surface area contributed by atoms with Crippen molar-refractivity contribution in [3.05, 3.63) is 37.2 Å². The van der Waals surface area contributed by atoms with Crippen molar-refractivity contribution in [3.8, 4) is 5.75 Å². The van der Waals surface area contributed by atoms with Gasteiger partial charge in [0.1, 0.15) is 0 Å². The number of methoxy groups -OCH3 is 1. The van der Waals surface area contributed by atoms with Gasteiger partial charge in [-0.25, -0.2) is 19.9 Å². The first-order valence-electron chi connectivity index (χ1n) is 7.49. The van der Waals surface area contributed by atoms with Crippen molar-refractivity contribution in [2.45, 2.75) is 0 Å². The lowest BCUT2D eigenvalue weighted by atomic mass is 10.3. The van der Waals surface area contributed by atoms with E-state index in [9.17, 15) is 0 Å². The number of rotatable bonds is 3. The molecule has 8 heteroatoms. The van der Waals surface area contributed by atoms with Crippen molar-refractivity contribution in [1.82, 2.24) is 24.3 Å². The number of piperazine rings is 1. The summed E-state index contributed by atoms with van der Waals surface area (Å²) >= 11 is 0. The van der Waals surface area contributed by atoms with Gasteiger partial charge in [-0.15, -0.1) is 0 Å². The average molecular weight is 311 g/mol. The number of anilines is 2. The third-order valence-corrected chi connectivity index (χ3v) is 4.01. The highest BCUT2D eigenvalue weighted by Gasteiger charge is 2.21. The summed E-state index contributed by atoms with van der Waals surface area (Å²) in [6.45, 7) is 3.40. The molecule has 1 aliphatic heterocycles. The molecule has 0 amide bonds. The molecule has 0 saturated carbocycles. The molecule has 0 aromatic carbocycles. The van der Waals surface area contributed by atoms with Crippen LogP contribution in [0.1, 0.15) is 0 Å². The van der Waals surface area contributed by atoms with E-state index in [-0.39, 0.29) is 0 Å². The van der Waals surface area contributed by atoms with Crippen molar-refractivity contribution in [3.63, 3.8) is 0 Å². The molecule has 0 radical (unpaired) electrons. The van der Waals surface area contributed by atoms with E-state index in [1.54, 1.807) is 25.7 Å². The second-order valence-corrected chi connectivity index (χ2v) is 5.31. The molecule has 3 aromatic rings. The van der Waals surface area contributed by atoms with Crippen LogP contribution < -0.4 is 14.5 Å². The van der Waals surface area contributed by atoms with Crippen molar-refractivity contribution in [2.75, 3.05) is 43.1 Å². The highest BCUT2D eigenvalue weighted by atomic mass is 16.5. The molecule has 23 heavy (non-hydrogen) atoms. The third kappa shape index (κ3) is 2.52. The minimum Gasteiger partial charge on any atom is -0.494 e. The minimum absolute atomic E-state index is 0.669. The third-order valence-electron chi connectivity index (χ3n) is 4.01. The maximum atomic E-state index is 5.10. The van der Waals surface area contributed by atoms with Crippen LogP contribution in [0.15, 0.2) is 37.2 Å². The van der Waals surface area contributed by atoms with Gasteiger partial charge in [0, 0.05) is 51.0 Å². The van der Waals surface area contributed by atoms with Gasteiger partial charge < -0.3 is 18.9 Å². The molecule has 8 nitrogen and oxygen atoms in total. The zero-order valence-electron chi connectivity index (χ0n) is 12.8. The van der Waals surface area contributed by atoms with Crippen molar-refractivity contribution >= 4 is 17.4 Å². The Kier molecular flexibility index (Phi) is 3.41. The van der Waals surface area contributed by atoms with E-state index in [2.05, 4.69) is 29.7 Å². The van der Waals surface area contributed by atoms with Gasteiger partial charge in [0.15, 0.2) is 17.2 Å². The van der Waals surface area contributed by atoms with E-state index in [1.807, 2.05) is 23.0 Å². The van der Waals surface area contributed by atoms with Crippen LogP contribution in [0.4, 0.5) is 11.8 Å². The molecule has 0 N–H and O–H groups in total. The predicted octanol–water partition coefficient (Wildman–Crippen LogP) is 0.854. The molecule has 0 atom stereocenters. The topological polar surface area (TPSA) is 71.7 Å². The Morgan fingerprint density at radius 1 is 0.870 bits per heavy atom.